The number of aromatic nitrogens is 3. The molecule has 0 fully saturated rings. The van der Waals surface area contributed by atoms with Gasteiger partial charge in [-0.15, -0.1) is 0 Å². The molecule has 7 aromatic carbocycles. The predicted octanol–water partition coefficient (Wildman–Crippen LogP) is 12.4. The van der Waals surface area contributed by atoms with Crippen LogP contribution < -0.4 is 0 Å². The van der Waals surface area contributed by atoms with E-state index < -0.39 is 0 Å². The summed E-state index contributed by atoms with van der Waals surface area (Å²) in [6.07, 6.45) is 0. The van der Waals surface area contributed by atoms with Gasteiger partial charge in [0.2, 0.25) is 0 Å². The maximum Gasteiger partial charge on any atom is 0.164 e. The smallest absolute Gasteiger partial charge is 0.164 e. The van der Waals surface area contributed by atoms with Gasteiger partial charge in [0.25, 0.3) is 0 Å². The lowest BCUT2D eigenvalue weighted by molar-refractivity contribution is 0.669. The Kier molecular flexibility index (Phi) is 5.89. The van der Waals surface area contributed by atoms with Crippen molar-refractivity contribution in [2.24, 2.45) is 0 Å². The molecule has 5 heteroatoms. The molecule has 51 heavy (non-hydrogen) atoms. The van der Waals surface area contributed by atoms with Crippen molar-refractivity contribution >= 4 is 65.7 Å². The highest BCUT2D eigenvalue weighted by Crippen LogP contribution is 2.40. The van der Waals surface area contributed by atoms with Crippen LogP contribution >= 0.6 is 0 Å². The van der Waals surface area contributed by atoms with E-state index in [2.05, 4.69) is 126 Å². The van der Waals surface area contributed by atoms with E-state index in [4.69, 9.17) is 18.8 Å². The molecule has 5 nitrogen and oxygen atoms in total. The Labute approximate surface area is 291 Å². The first kappa shape index (κ1) is 27.9. The van der Waals surface area contributed by atoms with Gasteiger partial charge in [-0.25, -0.2) is 9.97 Å². The first-order chi connectivity index (χ1) is 25.3. The van der Waals surface area contributed by atoms with Gasteiger partial charge >= 0.3 is 0 Å². The second kappa shape index (κ2) is 10.8. The van der Waals surface area contributed by atoms with Crippen molar-refractivity contribution in [2.45, 2.75) is 0 Å². The van der Waals surface area contributed by atoms with E-state index in [-0.39, 0.29) is 0 Å². The van der Waals surface area contributed by atoms with E-state index in [0.29, 0.717) is 5.82 Å². The molecule has 0 bridgehead atoms. The number of hydrogen-bond acceptors (Lipinski definition) is 4. The number of fused-ring (bicyclic) bond motifs is 9. The van der Waals surface area contributed by atoms with E-state index >= 15 is 0 Å². The average Bonchev–Trinajstić information content (AvgIpc) is 3.87. The van der Waals surface area contributed by atoms with Gasteiger partial charge in [0.1, 0.15) is 22.3 Å². The highest BCUT2D eigenvalue weighted by Gasteiger charge is 2.20. The van der Waals surface area contributed by atoms with Crippen molar-refractivity contribution in [1.82, 2.24) is 14.5 Å². The molecule has 4 aromatic heterocycles. The summed E-state index contributed by atoms with van der Waals surface area (Å²) in [7, 11) is 0. The monoisotopic (exact) mass is 653 g/mol. The van der Waals surface area contributed by atoms with E-state index in [9.17, 15) is 0 Å². The Bertz CT molecular complexity index is 2960. The van der Waals surface area contributed by atoms with Crippen molar-refractivity contribution in [3.05, 3.63) is 164 Å². The Morgan fingerprint density at radius 3 is 1.51 bits per heavy atom. The molecule has 0 amide bonds. The van der Waals surface area contributed by atoms with Gasteiger partial charge in [0, 0.05) is 49.1 Å². The maximum atomic E-state index is 6.48. The summed E-state index contributed by atoms with van der Waals surface area (Å²) >= 11 is 0. The van der Waals surface area contributed by atoms with Gasteiger partial charge in [0.15, 0.2) is 5.82 Å². The van der Waals surface area contributed by atoms with Crippen LogP contribution in [0.1, 0.15) is 0 Å². The largest absolute Gasteiger partial charge is 0.455 e. The molecule has 4 heterocycles. The van der Waals surface area contributed by atoms with Crippen molar-refractivity contribution in [1.29, 1.82) is 0 Å². The lowest BCUT2D eigenvalue weighted by atomic mass is 10.0. The lowest BCUT2D eigenvalue weighted by Gasteiger charge is -2.12. The zero-order chi connectivity index (χ0) is 33.5. The third-order valence-electron chi connectivity index (χ3n) is 10.1. The number of para-hydroxylation sites is 6. The molecule has 0 aliphatic heterocycles. The van der Waals surface area contributed by atoms with Crippen molar-refractivity contribution in [3.63, 3.8) is 0 Å². The zero-order valence-electron chi connectivity index (χ0n) is 27.2. The highest BCUT2D eigenvalue weighted by atomic mass is 16.3. The number of benzene rings is 7. The minimum atomic E-state index is 0.590. The number of rotatable bonds is 4. The molecule has 0 atom stereocenters. The van der Waals surface area contributed by atoms with E-state index in [1.807, 2.05) is 42.5 Å². The minimum absolute atomic E-state index is 0.590. The third-order valence-corrected chi connectivity index (χ3v) is 10.1. The highest BCUT2D eigenvalue weighted by molar-refractivity contribution is 6.11. The molecule has 0 aliphatic carbocycles. The molecular formula is C46H27N3O2. The van der Waals surface area contributed by atoms with Crippen molar-refractivity contribution in [2.75, 3.05) is 0 Å². The molecule has 0 radical (unpaired) electrons. The summed E-state index contributed by atoms with van der Waals surface area (Å²) < 4.78 is 15.3. The Morgan fingerprint density at radius 2 is 0.882 bits per heavy atom. The number of hydrogen-bond donors (Lipinski definition) is 0. The van der Waals surface area contributed by atoms with Crippen LogP contribution in [0, 0.1) is 0 Å². The van der Waals surface area contributed by atoms with Crippen LogP contribution in [0.15, 0.2) is 173 Å². The zero-order valence-corrected chi connectivity index (χ0v) is 27.2. The second-order valence-corrected chi connectivity index (χ2v) is 12.9. The summed E-state index contributed by atoms with van der Waals surface area (Å²) in [4.78, 5) is 10.5. The van der Waals surface area contributed by atoms with Crippen molar-refractivity contribution < 1.29 is 8.83 Å². The van der Waals surface area contributed by atoms with Crippen LogP contribution in [0.2, 0.25) is 0 Å². The molecular weight excluding hydrogens is 627 g/mol. The maximum absolute atomic E-state index is 6.48. The second-order valence-electron chi connectivity index (χ2n) is 12.9. The first-order valence-electron chi connectivity index (χ1n) is 17.1. The third kappa shape index (κ3) is 4.22. The van der Waals surface area contributed by atoms with Crippen LogP contribution in [-0.4, -0.2) is 14.5 Å². The molecule has 0 aliphatic rings. The van der Waals surface area contributed by atoms with Crippen LogP contribution in [0.5, 0.6) is 0 Å². The molecule has 0 spiro atoms. The minimum Gasteiger partial charge on any atom is -0.455 e. The van der Waals surface area contributed by atoms with E-state index in [0.717, 1.165) is 77.6 Å². The summed E-state index contributed by atoms with van der Waals surface area (Å²) in [5, 5.41) is 6.71. The van der Waals surface area contributed by atoms with E-state index in [1.165, 1.54) is 21.8 Å². The number of nitrogens with zero attached hydrogens (tertiary/aromatic N) is 3. The Morgan fingerprint density at radius 1 is 0.392 bits per heavy atom. The van der Waals surface area contributed by atoms with Gasteiger partial charge in [-0.1, -0.05) is 109 Å². The molecule has 0 N–H and O–H groups in total. The normalized spacial score (nSPS) is 11.9. The topological polar surface area (TPSA) is 57.0 Å². The summed E-state index contributed by atoms with van der Waals surface area (Å²) in [6, 6.07) is 56.6. The Balaban J connectivity index is 1.13. The first-order valence-corrected chi connectivity index (χ1v) is 17.1. The van der Waals surface area contributed by atoms with Crippen LogP contribution in [-0.2, 0) is 0 Å². The van der Waals surface area contributed by atoms with Crippen molar-refractivity contribution in [3.8, 4) is 39.6 Å². The van der Waals surface area contributed by atoms with Crippen LogP contribution in [0.3, 0.4) is 0 Å². The quantitative estimate of drug-likeness (QED) is 0.190. The summed E-state index contributed by atoms with van der Waals surface area (Å²) in [5.74, 6) is 0.590. The fourth-order valence-corrected chi connectivity index (χ4v) is 7.71. The molecule has 0 unspecified atom stereocenters. The molecule has 238 valence electrons. The van der Waals surface area contributed by atoms with Crippen LogP contribution in [0.25, 0.3) is 105 Å². The summed E-state index contributed by atoms with van der Waals surface area (Å²) in [5.41, 5.74) is 11.0. The standard InChI is InChI=1S/C46H27N3O2/c1-5-19-40-30(11-1)31-12-2-6-20-41(31)49(40)29-25-23-28(24-26-29)38-27-39(36-17-9-15-34-32-13-3-7-21-42(32)50-44(34)36)48-46(47-38)37-18-10-16-35-33-14-4-8-22-43(33)51-45(35)37/h1-27H. The fourth-order valence-electron chi connectivity index (χ4n) is 7.71. The average molecular weight is 654 g/mol. The summed E-state index contributed by atoms with van der Waals surface area (Å²) in [6.45, 7) is 0. The van der Waals surface area contributed by atoms with Gasteiger partial charge in [-0.3, -0.25) is 0 Å². The van der Waals surface area contributed by atoms with Gasteiger partial charge < -0.3 is 13.4 Å². The van der Waals surface area contributed by atoms with Gasteiger partial charge in [-0.2, -0.15) is 0 Å². The molecule has 11 aromatic rings. The van der Waals surface area contributed by atoms with Gasteiger partial charge in [0.05, 0.1) is 28.0 Å². The Hall–Kier alpha value is -6.98. The van der Waals surface area contributed by atoms with Gasteiger partial charge in [-0.05, 0) is 54.6 Å². The molecule has 0 saturated heterocycles. The molecule has 11 rings (SSSR count). The number of furan rings is 2. The predicted molar refractivity (Wildman–Crippen MR) is 207 cm³/mol. The molecule has 0 saturated carbocycles. The fraction of sp³-hybridized carbons (Fsp3) is 0. The van der Waals surface area contributed by atoms with Crippen LogP contribution in [0.4, 0.5) is 0 Å². The van der Waals surface area contributed by atoms with E-state index in [1.54, 1.807) is 0 Å². The SMILES string of the molecule is c1ccc2c(c1)oc1c(-c3cc(-c4ccc(-n5c6ccccc6c6ccccc65)cc4)nc(-c4cccc5c4oc4ccccc45)n3)cccc12. The lowest BCUT2D eigenvalue weighted by Crippen LogP contribution is -1.97.